The van der Waals surface area contributed by atoms with Crippen LogP contribution in [0, 0.1) is 5.92 Å². The molecule has 0 radical (unpaired) electrons. The third kappa shape index (κ3) is 3.45. The Morgan fingerprint density at radius 1 is 0.963 bits per heavy atom. The average Bonchev–Trinajstić information content (AvgIpc) is 2.88. The maximum absolute atomic E-state index is 13.0. The van der Waals surface area contributed by atoms with E-state index in [9.17, 15) is 14.4 Å². The Kier molecular flexibility index (Phi) is 4.89. The molecule has 0 atom stereocenters. The fourth-order valence-electron chi connectivity index (χ4n) is 4.23. The first-order valence-electron chi connectivity index (χ1n) is 10.0. The maximum Gasteiger partial charge on any atom is 0.253 e. The van der Waals surface area contributed by atoms with E-state index in [0.717, 1.165) is 43.5 Å². The monoisotopic (exact) mass is 369 g/mol. The largest absolute Gasteiger partial charge is 0.341 e. The SMILES string of the molecule is CN1C(=O)CCc2cc(C(=O)N3CCCN(C(=O)C4CCC4)CC3)ccc21. The summed E-state index contributed by atoms with van der Waals surface area (Å²) in [5.74, 6) is 0.630. The number of anilines is 1. The van der Waals surface area contributed by atoms with Crippen LogP contribution in [-0.2, 0) is 16.0 Å². The Morgan fingerprint density at radius 2 is 1.70 bits per heavy atom. The molecule has 6 heteroatoms. The first kappa shape index (κ1) is 18.0. The van der Waals surface area contributed by atoms with Crippen molar-refractivity contribution in [2.75, 3.05) is 38.1 Å². The fourth-order valence-corrected chi connectivity index (χ4v) is 4.23. The van der Waals surface area contributed by atoms with Crippen molar-refractivity contribution in [2.24, 2.45) is 5.92 Å². The fraction of sp³-hybridized carbons (Fsp3) is 0.571. The molecule has 0 unspecified atom stereocenters. The Bertz CT molecular complexity index is 772. The zero-order valence-corrected chi connectivity index (χ0v) is 15.9. The van der Waals surface area contributed by atoms with Gasteiger partial charge in [-0.2, -0.15) is 0 Å². The first-order chi connectivity index (χ1) is 13.0. The van der Waals surface area contributed by atoms with E-state index in [1.54, 1.807) is 11.9 Å². The molecule has 2 aliphatic heterocycles. The molecule has 144 valence electrons. The van der Waals surface area contributed by atoms with Crippen molar-refractivity contribution in [3.05, 3.63) is 29.3 Å². The summed E-state index contributed by atoms with van der Waals surface area (Å²) in [7, 11) is 1.78. The Balaban J connectivity index is 1.44. The Labute approximate surface area is 160 Å². The number of hydrogen-bond acceptors (Lipinski definition) is 3. The van der Waals surface area contributed by atoms with Crippen LogP contribution >= 0.6 is 0 Å². The molecule has 27 heavy (non-hydrogen) atoms. The number of benzene rings is 1. The highest BCUT2D eigenvalue weighted by Gasteiger charge is 2.31. The number of rotatable bonds is 2. The van der Waals surface area contributed by atoms with Crippen LogP contribution in [0.3, 0.4) is 0 Å². The molecule has 3 aliphatic rings. The van der Waals surface area contributed by atoms with Gasteiger partial charge < -0.3 is 14.7 Å². The van der Waals surface area contributed by atoms with Crippen LogP contribution in [0.1, 0.15) is 48.0 Å². The van der Waals surface area contributed by atoms with Crippen LogP contribution in [0.15, 0.2) is 18.2 Å². The highest BCUT2D eigenvalue weighted by atomic mass is 16.2. The van der Waals surface area contributed by atoms with Gasteiger partial charge in [0.1, 0.15) is 0 Å². The summed E-state index contributed by atoms with van der Waals surface area (Å²) in [6.07, 6.45) is 5.20. The van der Waals surface area contributed by atoms with Gasteiger partial charge in [0.15, 0.2) is 0 Å². The Hall–Kier alpha value is -2.37. The lowest BCUT2D eigenvalue weighted by Crippen LogP contribution is -2.41. The van der Waals surface area contributed by atoms with Crippen molar-refractivity contribution in [3.63, 3.8) is 0 Å². The molecule has 3 amide bonds. The lowest BCUT2D eigenvalue weighted by atomic mass is 9.84. The van der Waals surface area contributed by atoms with Crippen molar-refractivity contribution in [2.45, 2.75) is 38.5 Å². The molecule has 1 aliphatic carbocycles. The second kappa shape index (κ2) is 7.33. The highest BCUT2D eigenvalue weighted by molar-refractivity contribution is 5.99. The quantitative estimate of drug-likeness (QED) is 0.802. The molecule has 1 saturated carbocycles. The molecular formula is C21H27N3O3. The van der Waals surface area contributed by atoms with Gasteiger partial charge in [0.25, 0.3) is 5.91 Å². The van der Waals surface area contributed by atoms with E-state index in [0.29, 0.717) is 38.0 Å². The minimum Gasteiger partial charge on any atom is -0.341 e. The molecule has 0 N–H and O–H groups in total. The summed E-state index contributed by atoms with van der Waals surface area (Å²) in [6.45, 7) is 2.65. The predicted octanol–water partition coefficient (Wildman–Crippen LogP) is 2.07. The number of hydrogen-bond donors (Lipinski definition) is 0. The number of nitrogens with zero attached hydrogens (tertiary/aromatic N) is 3. The molecule has 2 heterocycles. The average molecular weight is 369 g/mol. The summed E-state index contributed by atoms with van der Waals surface area (Å²) < 4.78 is 0. The van der Waals surface area contributed by atoms with Crippen LogP contribution in [-0.4, -0.2) is 60.7 Å². The number of carbonyl (C=O) groups is 3. The molecule has 0 spiro atoms. The van der Waals surface area contributed by atoms with Gasteiger partial charge in [-0.3, -0.25) is 14.4 Å². The lowest BCUT2D eigenvalue weighted by molar-refractivity contribution is -0.138. The second-order valence-corrected chi connectivity index (χ2v) is 7.90. The minimum absolute atomic E-state index is 0.0234. The zero-order chi connectivity index (χ0) is 19.0. The van der Waals surface area contributed by atoms with E-state index in [1.807, 2.05) is 28.0 Å². The third-order valence-electron chi connectivity index (χ3n) is 6.22. The molecule has 1 aromatic carbocycles. The number of aryl methyl sites for hydroxylation is 1. The highest BCUT2D eigenvalue weighted by Crippen LogP contribution is 2.29. The molecule has 0 bridgehead atoms. The van der Waals surface area contributed by atoms with E-state index in [-0.39, 0.29) is 23.6 Å². The van der Waals surface area contributed by atoms with Crippen LogP contribution in [0.4, 0.5) is 5.69 Å². The molecule has 0 aromatic heterocycles. The van der Waals surface area contributed by atoms with E-state index < -0.39 is 0 Å². The maximum atomic E-state index is 13.0. The van der Waals surface area contributed by atoms with Crippen molar-refractivity contribution < 1.29 is 14.4 Å². The number of amides is 3. The van der Waals surface area contributed by atoms with Gasteiger partial charge in [-0.15, -0.1) is 0 Å². The van der Waals surface area contributed by atoms with E-state index in [2.05, 4.69) is 0 Å². The summed E-state index contributed by atoms with van der Waals surface area (Å²) >= 11 is 0. The normalized spacial score (nSPS) is 20.8. The summed E-state index contributed by atoms with van der Waals surface area (Å²) in [6, 6.07) is 5.63. The predicted molar refractivity (Wildman–Crippen MR) is 103 cm³/mol. The molecular weight excluding hydrogens is 342 g/mol. The van der Waals surface area contributed by atoms with Gasteiger partial charge in [-0.1, -0.05) is 6.42 Å². The second-order valence-electron chi connectivity index (χ2n) is 7.90. The van der Waals surface area contributed by atoms with Gasteiger partial charge in [0, 0.05) is 56.8 Å². The van der Waals surface area contributed by atoms with Gasteiger partial charge in [-0.25, -0.2) is 0 Å². The van der Waals surface area contributed by atoms with E-state index in [1.165, 1.54) is 0 Å². The van der Waals surface area contributed by atoms with Crippen molar-refractivity contribution in [1.82, 2.24) is 9.80 Å². The summed E-state index contributed by atoms with van der Waals surface area (Å²) in [4.78, 5) is 42.8. The minimum atomic E-state index is 0.0234. The summed E-state index contributed by atoms with van der Waals surface area (Å²) in [5.41, 5.74) is 2.63. The smallest absolute Gasteiger partial charge is 0.253 e. The number of fused-ring (bicyclic) bond motifs is 1. The van der Waals surface area contributed by atoms with Crippen LogP contribution < -0.4 is 4.90 Å². The van der Waals surface area contributed by atoms with Crippen molar-refractivity contribution in [3.8, 4) is 0 Å². The third-order valence-corrected chi connectivity index (χ3v) is 6.22. The van der Waals surface area contributed by atoms with Gasteiger partial charge in [-0.05, 0) is 49.4 Å². The van der Waals surface area contributed by atoms with Gasteiger partial charge >= 0.3 is 0 Å². The number of carbonyl (C=O) groups excluding carboxylic acids is 3. The van der Waals surface area contributed by atoms with Gasteiger partial charge in [0.05, 0.1) is 0 Å². The Morgan fingerprint density at radius 3 is 2.44 bits per heavy atom. The van der Waals surface area contributed by atoms with Crippen molar-refractivity contribution >= 4 is 23.4 Å². The summed E-state index contributed by atoms with van der Waals surface area (Å²) in [5, 5.41) is 0. The van der Waals surface area contributed by atoms with Crippen LogP contribution in [0.25, 0.3) is 0 Å². The van der Waals surface area contributed by atoms with Crippen molar-refractivity contribution in [1.29, 1.82) is 0 Å². The van der Waals surface area contributed by atoms with E-state index in [4.69, 9.17) is 0 Å². The molecule has 2 fully saturated rings. The van der Waals surface area contributed by atoms with Gasteiger partial charge in [0.2, 0.25) is 11.8 Å². The molecule has 6 nitrogen and oxygen atoms in total. The standard InChI is InChI=1S/C21H27N3O3/c1-22-18-8-6-17(14-16(18)7-9-19(22)25)21(27)24-11-3-10-23(12-13-24)20(26)15-4-2-5-15/h6,8,14-15H,2-5,7,9-13H2,1H3. The zero-order valence-electron chi connectivity index (χ0n) is 15.9. The molecule has 1 aromatic rings. The van der Waals surface area contributed by atoms with E-state index >= 15 is 0 Å². The first-order valence-corrected chi connectivity index (χ1v) is 10.0. The molecule has 4 rings (SSSR count). The lowest BCUT2D eigenvalue weighted by Gasteiger charge is -2.31. The van der Waals surface area contributed by atoms with Crippen LogP contribution in [0.5, 0.6) is 0 Å². The topological polar surface area (TPSA) is 60.9 Å². The molecule has 1 saturated heterocycles. The van der Waals surface area contributed by atoms with Crippen LogP contribution in [0.2, 0.25) is 0 Å².